The maximum absolute atomic E-state index is 12.9. The molecule has 0 atom stereocenters. The Morgan fingerprint density at radius 1 is 1.18 bits per heavy atom. The highest BCUT2D eigenvalue weighted by molar-refractivity contribution is 8.01. The fraction of sp³-hybridized carbons (Fsp3) is 0.360. The third kappa shape index (κ3) is 5.15. The van der Waals surface area contributed by atoms with E-state index in [1.54, 1.807) is 41.7 Å². The van der Waals surface area contributed by atoms with Gasteiger partial charge in [0, 0.05) is 58.8 Å². The molecule has 0 unspecified atom stereocenters. The monoisotopic (exact) mass is 485 g/mol. The number of ether oxygens (including phenoxy) is 1. The normalized spacial score (nSPS) is 14.6. The minimum Gasteiger partial charge on any atom is -0.422 e. The smallest absolute Gasteiger partial charge is 0.415 e. The molecular weight excluding hydrogens is 454 g/mol. The van der Waals surface area contributed by atoms with E-state index < -0.39 is 15.9 Å². The lowest BCUT2D eigenvalue weighted by Crippen LogP contribution is -2.35. The third-order valence-corrected chi connectivity index (χ3v) is 8.44. The van der Waals surface area contributed by atoms with Gasteiger partial charge < -0.3 is 18.8 Å². The molecule has 0 aliphatic carbocycles. The van der Waals surface area contributed by atoms with Crippen LogP contribution in [0.3, 0.4) is 0 Å². The van der Waals surface area contributed by atoms with E-state index in [4.69, 9.17) is 9.15 Å². The maximum Gasteiger partial charge on any atom is 0.415 e. The second-order valence-corrected chi connectivity index (χ2v) is 11.7. The van der Waals surface area contributed by atoms with E-state index in [2.05, 4.69) is 4.72 Å². The summed E-state index contributed by atoms with van der Waals surface area (Å²) in [6.07, 6.45) is 3.62. The van der Waals surface area contributed by atoms with E-state index in [1.807, 2.05) is 37.3 Å². The zero-order valence-electron chi connectivity index (χ0n) is 20.0. The van der Waals surface area contributed by atoms with Gasteiger partial charge in [0.2, 0.25) is 0 Å². The Morgan fingerprint density at radius 2 is 1.91 bits per heavy atom. The van der Waals surface area contributed by atoms with Crippen molar-refractivity contribution in [1.82, 2.24) is 9.21 Å². The molecule has 8 nitrogen and oxygen atoms in total. The first-order valence-electron chi connectivity index (χ1n) is 11.3. The lowest BCUT2D eigenvalue weighted by Gasteiger charge is -2.28. The molecule has 9 heteroatoms. The molecule has 3 aromatic rings. The SMILES string of the molecule is Cc1c(Cc2cccc(N[SH](C)(=O)N(C)C)c2)c(=O)oc2cc(OC(=O)N3CCCC3)ccc12. The summed E-state index contributed by atoms with van der Waals surface area (Å²) in [7, 11) is 0.830. The fourth-order valence-corrected chi connectivity index (χ4v) is 4.82. The van der Waals surface area contributed by atoms with Crippen LogP contribution in [0.15, 0.2) is 51.7 Å². The minimum absolute atomic E-state index is 0.350. The molecule has 0 saturated carbocycles. The number of benzene rings is 2. The number of nitrogens with one attached hydrogen (secondary N) is 1. The third-order valence-electron chi connectivity index (χ3n) is 6.24. The minimum atomic E-state index is -2.70. The molecule has 1 aliphatic rings. The standard InChI is InChI=1S/C25H31N3O5S/c1-17-21-11-10-20(32-25(30)28-12-5-6-13-28)16-23(21)33-24(29)22(17)15-18-8-7-9-19(14-18)26-34(4,31)27(2)3/h7-11,14,16,34H,5-6,12-13,15H2,1-4H3,(H,26,31). The van der Waals surface area contributed by atoms with Crippen molar-refractivity contribution >= 4 is 33.1 Å². The number of fused-ring (bicyclic) bond motifs is 1. The molecule has 0 radical (unpaired) electrons. The summed E-state index contributed by atoms with van der Waals surface area (Å²) in [5, 5.41) is 0.788. The second kappa shape index (κ2) is 9.60. The molecule has 0 spiro atoms. The number of likely N-dealkylation sites (tertiary alicyclic amines) is 1. The van der Waals surface area contributed by atoms with Crippen LogP contribution in [0, 0.1) is 6.92 Å². The van der Waals surface area contributed by atoms with Crippen molar-refractivity contribution in [3.05, 3.63) is 69.6 Å². The first-order chi connectivity index (χ1) is 16.1. The molecule has 182 valence electrons. The van der Waals surface area contributed by atoms with Gasteiger partial charge in [-0.25, -0.2) is 13.9 Å². The lowest BCUT2D eigenvalue weighted by atomic mass is 9.99. The Bertz CT molecular complexity index is 1330. The summed E-state index contributed by atoms with van der Waals surface area (Å²) in [5.74, 6) is 0.350. The van der Waals surface area contributed by atoms with Crippen LogP contribution < -0.4 is 15.1 Å². The van der Waals surface area contributed by atoms with Crippen molar-refractivity contribution in [3.63, 3.8) is 0 Å². The first-order valence-corrected chi connectivity index (χ1v) is 13.4. The number of amides is 1. The van der Waals surface area contributed by atoms with Crippen LogP contribution >= 0.6 is 0 Å². The maximum atomic E-state index is 12.9. The quantitative estimate of drug-likeness (QED) is 0.410. The molecule has 4 rings (SSSR count). The molecule has 0 bridgehead atoms. The van der Waals surface area contributed by atoms with E-state index in [0.29, 0.717) is 36.4 Å². The molecule has 1 fully saturated rings. The van der Waals surface area contributed by atoms with Gasteiger partial charge in [0.1, 0.15) is 11.3 Å². The molecule has 2 aromatic carbocycles. The first kappa shape index (κ1) is 24.0. The van der Waals surface area contributed by atoms with Gasteiger partial charge in [-0.2, -0.15) is 0 Å². The largest absolute Gasteiger partial charge is 0.422 e. The van der Waals surface area contributed by atoms with Crippen molar-refractivity contribution in [2.75, 3.05) is 38.2 Å². The van der Waals surface area contributed by atoms with E-state index in [0.717, 1.165) is 35.0 Å². The highest BCUT2D eigenvalue weighted by Gasteiger charge is 2.20. The molecule has 2 heterocycles. The van der Waals surface area contributed by atoms with E-state index in [9.17, 15) is 13.8 Å². The zero-order valence-corrected chi connectivity index (χ0v) is 20.9. The number of carbonyl (C=O) groups is 1. The number of carbonyl (C=O) groups excluding carboxylic acids is 1. The average Bonchev–Trinajstić information content (AvgIpc) is 3.31. The summed E-state index contributed by atoms with van der Waals surface area (Å²) < 4.78 is 28.5. The number of rotatable bonds is 6. The summed E-state index contributed by atoms with van der Waals surface area (Å²) >= 11 is 0. The van der Waals surface area contributed by atoms with Crippen molar-refractivity contribution in [2.45, 2.75) is 26.2 Å². The van der Waals surface area contributed by atoms with Crippen molar-refractivity contribution in [1.29, 1.82) is 0 Å². The second-order valence-electron chi connectivity index (χ2n) is 8.93. The summed E-state index contributed by atoms with van der Waals surface area (Å²) in [6, 6.07) is 12.7. The highest BCUT2D eigenvalue weighted by Crippen LogP contribution is 2.26. The Hall–Kier alpha value is -3.17. The van der Waals surface area contributed by atoms with Gasteiger partial charge in [-0.3, -0.25) is 4.21 Å². The van der Waals surface area contributed by atoms with Gasteiger partial charge in [0.05, 0.1) is 0 Å². The van der Waals surface area contributed by atoms with Crippen molar-refractivity contribution in [2.24, 2.45) is 0 Å². The van der Waals surface area contributed by atoms with E-state index >= 15 is 0 Å². The number of nitrogens with zero attached hydrogens (tertiary/aromatic N) is 2. The summed E-state index contributed by atoms with van der Waals surface area (Å²) in [6.45, 7) is 3.29. The lowest BCUT2D eigenvalue weighted by molar-refractivity contribution is 0.163. The predicted octanol–water partition coefficient (Wildman–Crippen LogP) is 3.74. The Kier molecular flexibility index (Phi) is 6.77. The zero-order chi connectivity index (χ0) is 24.5. The van der Waals surface area contributed by atoms with Crippen LogP contribution in [-0.2, 0) is 16.7 Å². The fourth-order valence-electron chi connectivity index (χ4n) is 4.00. The molecule has 1 aliphatic heterocycles. The number of thiol groups is 1. The molecule has 34 heavy (non-hydrogen) atoms. The number of hydrogen-bond donors (Lipinski definition) is 2. The Balaban J connectivity index is 1.58. The number of hydrogen-bond acceptors (Lipinski definition) is 5. The van der Waals surface area contributed by atoms with Crippen LogP contribution in [0.25, 0.3) is 11.0 Å². The van der Waals surface area contributed by atoms with Gasteiger partial charge in [-0.05, 0) is 69.3 Å². The predicted molar refractivity (Wildman–Crippen MR) is 136 cm³/mol. The van der Waals surface area contributed by atoms with E-state index in [1.165, 1.54) is 0 Å². The van der Waals surface area contributed by atoms with Crippen LogP contribution in [0.4, 0.5) is 10.5 Å². The van der Waals surface area contributed by atoms with Crippen LogP contribution in [-0.4, -0.2) is 52.9 Å². The van der Waals surface area contributed by atoms with Crippen molar-refractivity contribution in [3.8, 4) is 5.75 Å². The molecule has 1 saturated heterocycles. The molecular formula is C25H31N3O5S. The highest BCUT2D eigenvalue weighted by atomic mass is 32.3. The number of aryl methyl sites for hydroxylation is 1. The van der Waals surface area contributed by atoms with Crippen LogP contribution in [0.2, 0.25) is 0 Å². The van der Waals surface area contributed by atoms with Gasteiger partial charge in [0.25, 0.3) is 0 Å². The van der Waals surface area contributed by atoms with Crippen LogP contribution in [0.5, 0.6) is 5.75 Å². The molecule has 1 amide bonds. The van der Waals surface area contributed by atoms with Crippen molar-refractivity contribution < 1.29 is 18.2 Å². The van der Waals surface area contributed by atoms with Gasteiger partial charge in [-0.1, -0.05) is 12.1 Å². The van der Waals surface area contributed by atoms with Gasteiger partial charge >= 0.3 is 11.7 Å². The summed E-state index contributed by atoms with van der Waals surface area (Å²) in [5.41, 5.74) is 2.95. The average molecular weight is 486 g/mol. The molecule has 1 aromatic heterocycles. The van der Waals surface area contributed by atoms with Gasteiger partial charge in [0.15, 0.2) is 0 Å². The molecule has 1 N–H and O–H groups in total. The Labute approximate surface area is 200 Å². The van der Waals surface area contributed by atoms with E-state index in [-0.39, 0.29) is 6.09 Å². The summed E-state index contributed by atoms with van der Waals surface area (Å²) in [4.78, 5) is 26.8. The Morgan fingerprint density at radius 3 is 2.62 bits per heavy atom. The van der Waals surface area contributed by atoms with Gasteiger partial charge in [-0.15, -0.1) is 0 Å². The topological polar surface area (TPSA) is 92.1 Å². The van der Waals surface area contributed by atoms with Crippen LogP contribution in [0.1, 0.15) is 29.5 Å². The number of anilines is 1.